The maximum atomic E-state index is 10.9. The van der Waals surface area contributed by atoms with Gasteiger partial charge >= 0.3 is 5.97 Å². The molecule has 0 aromatic heterocycles. The highest BCUT2D eigenvalue weighted by Gasteiger charge is 2.27. The number of nitrogens with one attached hydrogen (secondary N) is 1. The Morgan fingerprint density at radius 1 is 1.50 bits per heavy atom. The lowest BCUT2D eigenvalue weighted by atomic mass is 9.84. The van der Waals surface area contributed by atoms with Gasteiger partial charge in [0.25, 0.3) is 5.69 Å². The highest BCUT2D eigenvalue weighted by Crippen LogP contribution is 2.31. The van der Waals surface area contributed by atoms with Crippen LogP contribution < -0.4 is 5.32 Å². The van der Waals surface area contributed by atoms with Crippen molar-refractivity contribution in [1.29, 1.82) is 0 Å². The highest BCUT2D eigenvalue weighted by molar-refractivity contribution is 9.10. The predicted octanol–water partition coefficient (Wildman–Crippen LogP) is 3.66. The standard InChI is InChI=1S/C13H17BrN2O4/c1-13(2,3)11(7-12(17)18)15-10-5-4-8(16(19)20)6-9(10)14/h4-6,11,15H,7H2,1-3H3,(H,17,18). The summed E-state index contributed by atoms with van der Waals surface area (Å²) in [7, 11) is 0. The number of benzene rings is 1. The van der Waals surface area contributed by atoms with Crippen molar-refractivity contribution in [3.05, 3.63) is 32.8 Å². The number of halogens is 1. The van der Waals surface area contributed by atoms with Crippen molar-refractivity contribution in [2.45, 2.75) is 33.2 Å². The van der Waals surface area contributed by atoms with Crippen molar-refractivity contribution in [3.63, 3.8) is 0 Å². The van der Waals surface area contributed by atoms with Crippen LogP contribution in [-0.4, -0.2) is 22.0 Å². The van der Waals surface area contributed by atoms with E-state index >= 15 is 0 Å². The average Bonchev–Trinajstić information content (AvgIpc) is 2.28. The fraction of sp³-hybridized carbons (Fsp3) is 0.462. The number of anilines is 1. The third kappa shape index (κ3) is 4.48. The van der Waals surface area contributed by atoms with E-state index < -0.39 is 10.9 Å². The molecule has 110 valence electrons. The van der Waals surface area contributed by atoms with Gasteiger partial charge in [-0.2, -0.15) is 0 Å². The number of rotatable bonds is 5. The molecular weight excluding hydrogens is 328 g/mol. The Balaban J connectivity index is 3.00. The first kappa shape index (κ1) is 16.4. The monoisotopic (exact) mass is 344 g/mol. The van der Waals surface area contributed by atoms with Crippen LogP contribution in [0.4, 0.5) is 11.4 Å². The van der Waals surface area contributed by atoms with Gasteiger partial charge in [0.1, 0.15) is 0 Å². The van der Waals surface area contributed by atoms with Gasteiger partial charge in [-0.1, -0.05) is 20.8 Å². The number of nitro benzene ring substituents is 1. The van der Waals surface area contributed by atoms with Gasteiger partial charge in [0.05, 0.1) is 11.3 Å². The Morgan fingerprint density at radius 2 is 2.10 bits per heavy atom. The van der Waals surface area contributed by atoms with E-state index in [0.29, 0.717) is 10.2 Å². The second kappa shape index (κ2) is 6.21. The average molecular weight is 345 g/mol. The van der Waals surface area contributed by atoms with Crippen molar-refractivity contribution in [1.82, 2.24) is 0 Å². The van der Waals surface area contributed by atoms with Crippen molar-refractivity contribution in [2.75, 3.05) is 5.32 Å². The van der Waals surface area contributed by atoms with Crippen molar-refractivity contribution >= 4 is 33.3 Å². The van der Waals surface area contributed by atoms with Gasteiger partial charge in [0.15, 0.2) is 0 Å². The minimum Gasteiger partial charge on any atom is -0.481 e. The zero-order valence-electron chi connectivity index (χ0n) is 11.5. The molecule has 0 fully saturated rings. The van der Waals surface area contributed by atoms with Crippen LogP contribution in [0.25, 0.3) is 0 Å². The molecule has 6 nitrogen and oxygen atoms in total. The molecule has 0 aliphatic carbocycles. The Bertz CT molecular complexity index is 526. The number of nitro groups is 1. The first-order valence-electron chi connectivity index (χ1n) is 6.03. The predicted molar refractivity (Wildman–Crippen MR) is 79.9 cm³/mol. The molecule has 20 heavy (non-hydrogen) atoms. The molecule has 0 saturated heterocycles. The normalized spacial score (nSPS) is 12.8. The molecule has 0 spiro atoms. The lowest BCUT2D eigenvalue weighted by Gasteiger charge is -2.31. The van der Waals surface area contributed by atoms with E-state index in [1.54, 1.807) is 6.07 Å². The summed E-state index contributed by atoms with van der Waals surface area (Å²) in [4.78, 5) is 21.1. The van der Waals surface area contributed by atoms with E-state index in [1.165, 1.54) is 12.1 Å². The molecule has 0 saturated carbocycles. The summed E-state index contributed by atoms with van der Waals surface area (Å²) >= 11 is 3.26. The van der Waals surface area contributed by atoms with Crippen LogP contribution in [0.2, 0.25) is 0 Å². The van der Waals surface area contributed by atoms with Crippen LogP contribution in [0, 0.1) is 15.5 Å². The molecule has 1 aromatic rings. The lowest BCUT2D eigenvalue weighted by molar-refractivity contribution is -0.384. The number of hydrogen-bond acceptors (Lipinski definition) is 4. The molecule has 0 aliphatic rings. The van der Waals surface area contributed by atoms with Crippen molar-refractivity contribution in [3.8, 4) is 0 Å². The van der Waals surface area contributed by atoms with Crippen molar-refractivity contribution in [2.24, 2.45) is 5.41 Å². The quantitative estimate of drug-likeness (QED) is 0.628. The Kier molecular flexibility index (Phi) is 5.10. The van der Waals surface area contributed by atoms with Crippen molar-refractivity contribution < 1.29 is 14.8 Å². The van der Waals surface area contributed by atoms with Gasteiger partial charge < -0.3 is 10.4 Å². The van der Waals surface area contributed by atoms with Crippen LogP contribution in [0.3, 0.4) is 0 Å². The van der Waals surface area contributed by atoms with Gasteiger partial charge in [-0.15, -0.1) is 0 Å². The molecular formula is C13H17BrN2O4. The molecule has 1 unspecified atom stereocenters. The smallest absolute Gasteiger partial charge is 0.305 e. The van der Waals surface area contributed by atoms with E-state index in [4.69, 9.17) is 5.11 Å². The maximum Gasteiger partial charge on any atom is 0.305 e. The summed E-state index contributed by atoms with van der Waals surface area (Å²) in [5, 5.41) is 22.8. The zero-order chi connectivity index (χ0) is 15.5. The summed E-state index contributed by atoms with van der Waals surface area (Å²) in [6.07, 6.45) is -0.0348. The molecule has 7 heteroatoms. The Morgan fingerprint density at radius 3 is 2.50 bits per heavy atom. The first-order chi connectivity index (χ1) is 9.11. The summed E-state index contributed by atoms with van der Waals surface area (Å²) in [5.74, 6) is -0.893. The molecule has 0 aliphatic heterocycles. The first-order valence-corrected chi connectivity index (χ1v) is 6.83. The van der Waals surface area contributed by atoms with Crippen LogP contribution in [0.5, 0.6) is 0 Å². The van der Waals surface area contributed by atoms with Gasteiger partial charge in [-0.05, 0) is 27.4 Å². The molecule has 0 bridgehead atoms. The number of hydrogen-bond donors (Lipinski definition) is 2. The van der Waals surface area contributed by atoms with Gasteiger partial charge in [-0.25, -0.2) is 0 Å². The van der Waals surface area contributed by atoms with E-state index in [9.17, 15) is 14.9 Å². The van der Waals surface area contributed by atoms with E-state index in [1.807, 2.05) is 20.8 Å². The van der Waals surface area contributed by atoms with Gasteiger partial charge in [-0.3, -0.25) is 14.9 Å². The summed E-state index contributed by atoms with van der Waals surface area (Å²) in [6.45, 7) is 5.81. The summed E-state index contributed by atoms with van der Waals surface area (Å²) < 4.78 is 0.534. The molecule has 0 radical (unpaired) electrons. The topological polar surface area (TPSA) is 92.5 Å². The number of carbonyl (C=O) groups is 1. The van der Waals surface area contributed by atoms with E-state index in [0.717, 1.165) is 0 Å². The number of carboxylic acid groups (broad SMARTS) is 1. The number of non-ortho nitro benzene ring substituents is 1. The van der Waals surface area contributed by atoms with Crippen LogP contribution >= 0.6 is 15.9 Å². The summed E-state index contributed by atoms with van der Waals surface area (Å²) in [6, 6.07) is 4.05. The molecule has 1 atom stereocenters. The maximum absolute atomic E-state index is 10.9. The number of aliphatic carboxylic acids is 1. The minimum absolute atomic E-state index is 0.0204. The van der Waals surface area contributed by atoms with Gasteiger partial charge in [0, 0.05) is 28.3 Å². The van der Waals surface area contributed by atoms with Gasteiger partial charge in [0.2, 0.25) is 0 Å². The number of nitrogens with zero attached hydrogens (tertiary/aromatic N) is 1. The lowest BCUT2D eigenvalue weighted by Crippen LogP contribution is -2.36. The molecule has 0 heterocycles. The largest absolute Gasteiger partial charge is 0.481 e. The molecule has 1 aromatic carbocycles. The van der Waals surface area contributed by atoms with Crippen LogP contribution in [-0.2, 0) is 4.79 Å². The summed E-state index contributed by atoms with van der Waals surface area (Å²) in [5.41, 5.74) is 0.351. The third-order valence-corrected chi connectivity index (χ3v) is 3.57. The van der Waals surface area contributed by atoms with E-state index in [2.05, 4.69) is 21.2 Å². The second-order valence-electron chi connectivity index (χ2n) is 5.58. The fourth-order valence-corrected chi connectivity index (χ4v) is 2.15. The molecule has 0 amide bonds. The zero-order valence-corrected chi connectivity index (χ0v) is 13.1. The second-order valence-corrected chi connectivity index (χ2v) is 6.44. The SMILES string of the molecule is CC(C)(C)C(CC(=O)O)Nc1ccc([N+](=O)[O-])cc1Br. The minimum atomic E-state index is -0.893. The Hall–Kier alpha value is -1.63. The molecule has 2 N–H and O–H groups in total. The fourth-order valence-electron chi connectivity index (χ4n) is 1.67. The number of carboxylic acids is 1. The third-order valence-electron chi connectivity index (χ3n) is 2.92. The molecule has 1 rings (SSSR count). The van der Waals surface area contributed by atoms with Crippen LogP contribution in [0.1, 0.15) is 27.2 Å². The Labute approximate surface area is 125 Å². The highest BCUT2D eigenvalue weighted by atomic mass is 79.9. The van der Waals surface area contributed by atoms with E-state index in [-0.39, 0.29) is 23.6 Å². The van der Waals surface area contributed by atoms with Crippen LogP contribution in [0.15, 0.2) is 22.7 Å².